The summed E-state index contributed by atoms with van der Waals surface area (Å²) >= 11 is -1.11. The second kappa shape index (κ2) is 4.22. The van der Waals surface area contributed by atoms with Crippen molar-refractivity contribution in [2.45, 2.75) is 4.90 Å². The third-order valence-electron chi connectivity index (χ3n) is 1.79. The molecule has 1 aromatic carbocycles. The van der Waals surface area contributed by atoms with Crippen LogP contribution in [0.15, 0.2) is 58.2 Å². The molecule has 0 spiro atoms. The quantitative estimate of drug-likeness (QED) is 0.827. The Bertz CT molecular complexity index is 477. The highest BCUT2D eigenvalue weighted by Crippen LogP contribution is 2.37. The second-order valence-electron chi connectivity index (χ2n) is 2.88. The van der Waals surface area contributed by atoms with Crippen LogP contribution in [0.3, 0.4) is 0 Å². The molecule has 0 unspecified atom stereocenters. The summed E-state index contributed by atoms with van der Waals surface area (Å²) in [7, 11) is -3.62. The molecule has 15 heavy (non-hydrogen) atoms. The van der Waals surface area contributed by atoms with Crippen LogP contribution in [-0.4, -0.2) is 8.42 Å². The van der Waals surface area contributed by atoms with E-state index in [4.69, 9.17) is 3.63 Å². The molecule has 1 aliphatic rings. The Kier molecular flexibility index (Phi) is 2.95. The second-order valence-corrected chi connectivity index (χ2v) is 6.18. The van der Waals surface area contributed by atoms with E-state index in [0.29, 0.717) is 0 Å². The third kappa shape index (κ3) is 2.50. The van der Waals surface area contributed by atoms with E-state index < -0.39 is 21.3 Å². The fraction of sp³-hybridized carbons (Fsp3) is 0. The fourth-order valence-corrected chi connectivity index (χ4v) is 3.89. The highest BCUT2D eigenvalue weighted by molar-refractivity contribution is 8.22. The maximum absolute atomic E-state index is 11.7. The molecule has 1 heterocycles. The maximum atomic E-state index is 11.7. The van der Waals surface area contributed by atoms with Crippen molar-refractivity contribution in [3.63, 3.8) is 0 Å². The molecule has 3 nitrogen and oxygen atoms in total. The number of hydrogen-bond acceptors (Lipinski definition) is 3. The van der Waals surface area contributed by atoms with Crippen molar-refractivity contribution in [1.82, 2.24) is 0 Å². The summed E-state index contributed by atoms with van der Waals surface area (Å²) in [6.07, 6.45) is 3.57. The van der Waals surface area contributed by atoms with Gasteiger partial charge in [-0.1, -0.05) is 41.5 Å². The maximum Gasteiger partial charge on any atom is 0.306 e. The Morgan fingerprint density at radius 2 is 1.60 bits per heavy atom. The van der Waals surface area contributed by atoms with Gasteiger partial charge in [-0.05, 0) is 22.9 Å². The summed E-state index contributed by atoms with van der Waals surface area (Å²) in [4.78, 5) is 0.196. The van der Waals surface area contributed by atoms with E-state index in [9.17, 15) is 8.42 Å². The van der Waals surface area contributed by atoms with Gasteiger partial charge in [-0.3, -0.25) is 0 Å². The fourth-order valence-electron chi connectivity index (χ4n) is 1.11. The van der Waals surface area contributed by atoms with Gasteiger partial charge in [0.2, 0.25) is 0 Å². The highest BCUT2D eigenvalue weighted by atomic mass is 32.3. The van der Waals surface area contributed by atoms with Gasteiger partial charge >= 0.3 is 10.1 Å². The standard InChI is InChI=1S/C10H10O3S2/c11-15(12,10-6-2-1-3-7-10)13-14-8-4-5-9-14/h1-9,14H. The molecule has 5 heteroatoms. The van der Waals surface area contributed by atoms with Gasteiger partial charge in [0, 0.05) is 0 Å². The first-order valence-electron chi connectivity index (χ1n) is 4.31. The Labute approximate surface area is 91.8 Å². The van der Waals surface area contributed by atoms with Gasteiger partial charge in [-0.15, -0.1) is 0 Å². The lowest BCUT2D eigenvalue weighted by Crippen LogP contribution is -2.02. The van der Waals surface area contributed by atoms with Crippen LogP contribution in [0.1, 0.15) is 0 Å². The molecule has 1 aromatic rings. The summed E-state index contributed by atoms with van der Waals surface area (Å²) in [5.41, 5.74) is 0. The number of allylic oxidation sites excluding steroid dienone is 2. The SMILES string of the molecule is O=S(=O)(O[SH]1C=CC=C1)c1ccccc1. The monoisotopic (exact) mass is 242 g/mol. The van der Waals surface area contributed by atoms with Gasteiger partial charge < -0.3 is 0 Å². The van der Waals surface area contributed by atoms with Crippen molar-refractivity contribution in [3.05, 3.63) is 53.3 Å². The minimum Gasteiger partial charge on any atom is -0.211 e. The Morgan fingerprint density at radius 1 is 1.00 bits per heavy atom. The first kappa shape index (κ1) is 10.5. The van der Waals surface area contributed by atoms with Crippen molar-refractivity contribution in [1.29, 1.82) is 0 Å². The third-order valence-corrected chi connectivity index (χ3v) is 5.05. The molecule has 1 aliphatic heterocycles. The van der Waals surface area contributed by atoms with Crippen LogP contribution in [0.5, 0.6) is 0 Å². The van der Waals surface area contributed by atoms with Gasteiger partial charge in [-0.25, -0.2) is 3.63 Å². The topological polar surface area (TPSA) is 43.4 Å². The molecule has 0 saturated carbocycles. The van der Waals surface area contributed by atoms with Gasteiger partial charge in [0.05, 0.1) is 4.90 Å². The van der Waals surface area contributed by atoms with E-state index in [0.717, 1.165) is 0 Å². The zero-order chi connectivity index (χ0) is 10.7. The molecule has 0 aromatic heterocycles. The number of hydrogen-bond donors (Lipinski definition) is 1. The molecule has 0 atom stereocenters. The van der Waals surface area contributed by atoms with Crippen molar-refractivity contribution >= 4 is 21.3 Å². The van der Waals surface area contributed by atoms with Crippen molar-refractivity contribution in [2.24, 2.45) is 0 Å². The molecule has 0 bridgehead atoms. The van der Waals surface area contributed by atoms with E-state index in [2.05, 4.69) is 0 Å². The van der Waals surface area contributed by atoms with Crippen LogP contribution >= 0.6 is 11.2 Å². The summed E-state index contributed by atoms with van der Waals surface area (Å²) in [6, 6.07) is 8.15. The van der Waals surface area contributed by atoms with Crippen LogP contribution < -0.4 is 0 Å². The molecule has 2 rings (SSSR count). The predicted molar refractivity (Wildman–Crippen MR) is 62.0 cm³/mol. The normalized spacial score (nSPS) is 17.2. The van der Waals surface area contributed by atoms with Crippen molar-refractivity contribution in [2.75, 3.05) is 0 Å². The summed E-state index contributed by atoms with van der Waals surface area (Å²) in [5, 5.41) is 3.49. The number of benzene rings is 1. The molecule has 0 saturated heterocycles. The molecule has 0 aliphatic carbocycles. The summed E-state index contributed by atoms with van der Waals surface area (Å²) < 4.78 is 28.5. The van der Waals surface area contributed by atoms with E-state index in [1.54, 1.807) is 41.2 Å². The lowest BCUT2D eigenvalue weighted by molar-refractivity contribution is 0.517. The van der Waals surface area contributed by atoms with E-state index in [-0.39, 0.29) is 4.90 Å². The van der Waals surface area contributed by atoms with Gasteiger partial charge in [0.25, 0.3) is 0 Å². The Balaban J connectivity index is 2.21. The number of thiol groups is 1. The minimum absolute atomic E-state index is 0.196. The summed E-state index contributed by atoms with van der Waals surface area (Å²) in [5.74, 6) is 0. The van der Waals surface area contributed by atoms with Crippen LogP contribution in [0.2, 0.25) is 0 Å². The molecular weight excluding hydrogens is 232 g/mol. The molecule has 0 radical (unpaired) electrons. The van der Waals surface area contributed by atoms with Gasteiger partial charge in [0.1, 0.15) is 0 Å². The average Bonchev–Trinajstić information content (AvgIpc) is 2.71. The minimum atomic E-state index is -3.62. The lowest BCUT2D eigenvalue weighted by Gasteiger charge is -2.10. The van der Waals surface area contributed by atoms with Crippen LogP contribution in [0.4, 0.5) is 0 Å². The molecule has 0 amide bonds. The summed E-state index contributed by atoms with van der Waals surface area (Å²) in [6.45, 7) is 0. The van der Waals surface area contributed by atoms with Crippen LogP contribution in [0, 0.1) is 0 Å². The van der Waals surface area contributed by atoms with E-state index >= 15 is 0 Å². The molecule has 0 fully saturated rings. The Morgan fingerprint density at radius 3 is 2.20 bits per heavy atom. The predicted octanol–water partition coefficient (Wildman–Crippen LogP) is 2.35. The van der Waals surface area contributed by atoms with Crippen LogP contribution in [0.25, 0.3) is 0 Å². The van der Waals surface area contributed by atoms with E-state index in [1.807, 2.05) is 0 Å². The first-order valence-corrected chi connectivity index (χ1v) is 7.12. The highest BCUT2D eigenvalue weighted by Gasteiger charge is 2.17. The van der Waals surface area contributed by atoms with Crippen molar-refractivity contribution in [3.8, 4) is 0 Å². The van der Waals surface area contributed by atoms with Crippen LogP contribution in [-0.2, 0) is 13.7 Å². The van der Waals surface area contributed by atoms with Gasteiger partial charge in [0.15, 0.2) is 0 Å². The van der Waals surface area contributed by atoms with Crippen molar-refractivity contribution < 1.29 is 12.0 Å². The zero-order valence-electron chi connectivity index (χ0n) is 7.78. The Hall–Kier alpha value is -1.04. The molecular formula is C10H10O3S2. The molecule has 0 N–H and O–H groups in total. The van der Waals surface area contributed by atoms with E-state index in [1.165, 1.54) is 12.1 Å². The van der Waals surface area contributed by atoms with Gasteiger partial charge in [-0.2, -0.15) is 8.42 Å². The largest absolute Gasteiger partial charge is 0.306 e. The average molecular weight is 242 g/mol. The smallest absolute Gasteiger partial charge is 0.211 e. The molecule has 80 valence electrons. The zero-order valence-corrected chi connectivity index (χ0v) is 9.49. The first-order chi connectivity index (χ1) is 7.18. The lowest BCUT2D eigenvalue weighted by atomic mass is 10.4. The number of rotatable bonds is 3.